The Hall–Kier alpha value is -2.35. The molecule has 0 amide bonds. The Morgan fingerprint density at radius 3 is 2.08 bits per heavy atom. The van der Waals surface area contributed by atoms with Crippen molar-refractivity contribution in [1.82, 2.24) is 4.72 Å². The Morgan fingerprint density at radius 2 is 1.50 bits per heavy atom. The molecule has 0 heterocycles. The molecular formula is C17H15NO5S. The van der Waals surface area contributed by atoms with Crippen molar-refractivity contribution in [3.05, 3.63) is 64.7 Å². The van der Waals surface area contributed by atoms with Crippen molar-refractivity contribution in [3.63, 3.8) is 0 Å². The van der Waals surface area contributed by atoms with Crippen LogP contribution in [0, 0.1) is 0 Å². The van der Waals surface area contributed by atoms with Crippen LogP contribution in [0.15, 0.2) is 47.4 Å². The highest BCUT2D eigenvalue weighted by atomic mass is 32.2. The summed E-state index contributed by atoms with van der Waals surface area (Å²) in [7, 11) is -3.88. The number of rotatable bonds is 4. The molecule has 0 radical (unpaired) electrons. The van der Waals surface area contributed by atoms with E-state index in [9.17, 15) is 23.1 Å². The minimum absolute atomic E-state index is 0.0682. The van der Waals surface area contributed by atoms with Gasteiger partial charge in [0.05, 0.1) is 11.0 Å². The van der Waals surface area contributed by atoms with Crippen LogP contribution in [0.3, 0.4) is 0 Å². The fourth-order valence-electron chi connectivity index (χ4n) is 2.56. The number of aliphatic hydroxyl groups excluding tert-OH is 1. The number of fused-ring (bicyclic) bond motifs is 2. The number of aliphatic hydroxyl groups is 1. The van der Waals surface area contributed by atoms with Crippen molar-refractivity contribution >= 4 is 21.6 Å². The monoisotopic (exact) mass is 345 g/mol. The first-order valence-electron chi connectivity index (χ1n) is 7.31. The van der Waals surface area contributed by atoms with Crippen molar-refractivity contribution < 1.29 is 23.1 Å². The number of hydrogen-bond acceptors (Lipinski definition) is 5. The van der Waals surface area contributed by atoms with Gasteiger partial charge in [-0.1, -0.05) is 24.3 Å². The molecule has 2 N–H and O–H groups in total. The molecule has 1 unspecified atom stereocenters. The molecule has 7 heteroatoms. The van der Waals surface area contributed by atoms with Gasteiger partial charge in [-0.25, -0.2) is 13.1 Å². The number of carbonyl (C=O) groups excluding carboxylic acids is 2. The number of sulfonamides is 1. The topological polar surface area (TPSA) is 101 Å². The van der Waals surface area contributed by atoms with Crippen LogP contribution in [0.4, 0.5) is 0 Å². The highest BCUT2D eigenvalue weighted by molar-refractivity contribution is 7.89. The summed E-state index contributed by atoms with van der Waals surface area (Å²) in [6.45, 7) is 1.31. The Kier molecular flexibility index (Phi) is 4.08. The van der Waals surface area contributed by atoms with E-state index in [-0.39, 0.29) is 39.7 Å². The molecule has 0 saturated carbocycles. The second-order valence-corrected chi connectivity index (χ2v) is 7.38. The SMILES string of the molecule is CC(O)CNS(=O)(=O)c1ccc2c(c1)C(=O)c1ccccc1C2=O. The van der Waals surface area contributed by atoms with E-state index in [0.29, 0.717) is 5.56 Å². The number of ketones is 2. The Bertz CT molecular complexity index is 947. The first-order chi connectivity index (χ1) is 11.3. The normalized spacial score (nSPS) is 14.9. The molecular weight excluding hydrogens is 330 g/mol. The van der Waals surface area contributed by atoms with Gasteiger partial charge in [-0.05, 0) is 25.1 Å². The largest absolute Gasteiger partial charge is 0.392 e. The lowest BCUT2D eigenvalue weighted by atomic mass is 9.84. The van der Waals surface area contributed by atoms with Crippen LogP contribution < -0.4 is 4.72 Å². The van der Waals surface area contributed by atoms with E-state index in [2.05, 4.69) is 4.72 Å². The summed E-state index contributed by atoms with van der Waals surface area (Å²) in [5.74, 6) is -0.686. The third-order valence-electron chi connectivity index (χ3n) is 3.78. The van der Waals surface area contributed by atoms with E-state index in [1.807, 2.05) is 0 Å². The van der Waals surface area contributed by atoms with E-state index in [0.717, 1.165) is 0 Å². The zero-order chi connectivity index (χ0) is 17.5. The quantitative estimate of drug-likeness (QED) is 0.738. The van der Waals surface area contributed by atoms with Crippen LogP contribution in [0.5, 0.6) is 0 Å². The molecule has 0 saturated heterocycles. The van der Waals surface area contributed by atoms with Crippen LogP contribution >= 0.6 is 0 Å². The van der Waals surface area contributed by atoms with Crippen LogP contribution in [0.2, 0.25) is 0 Å². The third-order valence-corrected chi connectivity index (χ3v) is 5.20. The van der Waals surface area contributed by atoms with Gasteiger partial charge in [-0.3, -0.25) is 9.59 Å². The Balaban J connectivity index is 2.06. The van der Waals surface area contributed by atoms with Crippen LogP contribution in [0.25, 0.3) is 0 Å². The second kappa shape index (κ2) is 5.94. The van der Waals surface area contributed by atoms with Crippen LogP contribution in [-0.2, 0) is 10.0 Å². The summed E-state index contributed by atoms with van der Waals surface area (Å²) >= 11 is 0. The average Bonchev–Trinajstić information content (AvgIpc) is 2.57. The van der Waals surface area contributed by atoms with Gasteiger partial charge < -0.3 is 5.11 Å². The minimum Gasteiger partial charge on any atom is -0.392 e. The summed E-state index contributed by atoms with van der Waals surface area (Å²) < 4.78 is 26.7. The molecule has 3 rings (SSSR count). The van der Waals surface area contributed by atoms with Crippen molar-refractivity contribution in [2.24, 2.45) is 0 Å². The fourth-order valence-corrected chi connectivity index (χ4v) is 3.71. The van der Waals surface area contributed by atoms with Gasteiger partial charge >= 0.3 is 0 Å². The molecule has 0 aromatic heterocycles. The van der Waals surface area contributed by atoms with Crippen molar-refractivity contribution in [1.29, 1.82) is 0 Å². The van der Waals surface area contributed by atoms with E-state index in [1.54, 1.807) is 24.3 Å². The predicted octanol–water partition coefficient (Wildman–Crippen LogP) is 1.12. The van der Waals surface area contributed by atoms with E-state index >= 15 is 0 Å². The van der Waals surface area contributed by atoms with Gasteiger partial charge in [-0.2, -0.15) is 0 Å². The summed E-state index contributed by atoms with van der Waals surface area (Å²) in [4.78, 5) is 24.9. The summed E-state index contributed by atoms with van der Waals surface area (Å²) in [6.07, 6.45) is -0.840. The van der Waals surface area contributed by atoms with Gasteiger partial charge in [0.2, 0.25) is 10.0 Å². The van der Waals surface area contributed by atoms with Crippen molar-refractivity contribution in [2.45, 2.75) is 17.9 Å². The predicted molar refractivity (Wildman–Crippen MR) is 86.6 cm³/mol. The molecule has 0 aliphatic heterocycles. The lowest BCUT2D eigenvalue weighted by Gasteiger charge is -2.18. The standard InChI is InChI=1S/C17H15NO5S/c1-10(19)9-18-24(22,23)11-6-7-14-15(8-11)17(21)13-5-3-2-4-12(13)16(14)20/h2-8,10,18-19H,9H2,1H3. The Labute approximate surface area is 139 Å². The van der Waals surface area contributed by atoms with E-state index < -0.39 is 16.1 Å². The molecule has 6 nitrogen and oxygen atoms in total. The molecule has 124 valence electrons. The van der Waals surface area contributed by atoms with Crippen LogP contribution in [0.1, 0.15) is 38.8 Å². The highest BCUT2D eigenvalue weighted by Gasteiger charge is 2.30. The fraction of sp³-hybridized carbons (Fsp3) is 0.176. The Morgan fingerprint density at radius 1 is 0.958 bits per heavy atom. The molecule has 0 spiro atoms. The second-order valence-electron chi connectivity index (χ2n) is 5.61. The van der Waals surface area contributed by atoms with Crippen LogP contribution in [-0.4, -0.2) is 37.7 Å². The molecule has 0 fully saturated rings. The maximum Gasteiger partial charge on any atom is 0.240 e. The number of carbonyl (C=O) groups is 2. The average molecular weight is 345 g/mol. The van der Waals surface area contributed by atoms with Crippen molar-refractivity contribution in [2.75, 3.05) is 6.54 Å². The summed E-state index contributed by atoms with van der Waals surface area (Å²) in [5.41, 5.74) is 0.839. The molecule has 1 atom stereocenters. The number of hydrogen-bond donors (Lipinski definition) is 2. The molecule has 2 aromatic carbocycles. The van der Waals surface area contributed by atoms with Gasteiger partial charge in [0.15, 0.2) is 11.6 Å². The smallest absolute Gasteiger partial charge is 0.240 e. The van der Waals surface area contributed by atoms with Gasteiger partial charge in [-0.15, -0.1) is 0 Å². The molecule has 24 heavy (non-hydrogen) atoms. The number of nitrogens with one attached hydrogen (secondary N) is 1. The van der Waals surface area contributed by atoms with Gasteiger partial charge in [0.1, 0.15) is 0 Å². The van der Waals surface area contributed by atoms with Gasteiger partial charge in [0.25, 0.3) is 0 Å². The lowest BCUT2D eigenvalue weighted by Crippen LogP contribution is -2.31. The summed E-state index contributed by atoms with van der Waals surface area (Å²) in [5, 5.41) is 9.21. The zero-order valence-electron chi connectivity index (χ0n) is 12.8. The van der Waals surface area contributed by atoms with Gasteiger partial charge in [0, 0.05) is 28.8 Å². The maximum absolute atomic E-state index is 12.6. The van der Waals surface area contributed by atoms with Crippen molar-refractivity contribution in [3.8, 4) is 0 Å². The maximum atomic E-state index is 12.6. The first kappa shape index (κ1) is 16.5. The van der Waals surface area contributed by atoms with E-state index in [4.69, 9.17) is 0 Å². The molecule has 2 aromatic rings. The lowest BCUT2D eigenvalue weighted by molar-refractivity contribution is 0.0979. The molecule has 0 bridgehead atoms. The first-order valence-corrected chi connectivity index (χ1v) is 8.80. The van der Waals surface area contributed by atoms with E-state index in [1.165, 1.54) is 25.1 Å². The number of benzene rings is 2. The molecule has 1 aliphatic rings. The minimum atomic E-state index is -3.88. The third kappa shape index (κ3) is 2.77. The zero-order valence-corrected chi connectivity index (χ0v) is 13.6. The highest BCUT2D eigenvalue weighted by Crippen LogP contribution is 2.28. The molecule has 1 aliphatic carbocycles. The summed E-state index contributed by atoms with van der Waals surface area (Å²) in [6, 6.07) is 10.3.